The molecule has 1 aromatic rings. The highest BCUT2D eigenvalue weighted by atomic mass is 32.1. The van der Waals surface area contributed by atoms with Crippen LogP contribution in [0.3, 0.4) is 0 Å². The van der Waals surface area contributed by atoms with E-state index in [1.54, 1.807) is 10.4 Å². The van der Waals surface area contributed by atoms with Crippen LogP contribution in [-0.2, 0) is 16.1 Å². The maximum atomic E-state index is 12.7. The minimum absolute atomic E-state index is 0.0710. The van der Waals surface area contributed by atoms with Crippen LogP contribution >= 0.6 is 11.3 Å². The number of unbranched alkanes of at least 4 members (excludes halogenated alkanes) is 1. The molecule has 0 aliphatic carbocycles. The molecule has 0 N–H and O–H groups in total. The van der Waals surface area contributed by atoms with E-state index >= 15 is 0 Å². The molecule has 2 amide bonds. The van der Waals surface area contributed by atoms with Crippen LogP contribution in [0.15, 0.2) is 10.9 Å². The molecule has 126 valence electrons. The van der Waals surface area contributed by atoms with Crippen LogP contribution in [0.4, 0.5) is 4.79 Å². The molecule has 2 atom stereocenters. The van der Waals surface area contributed by atoms with Gasteiger partial charge in [-0.2, -0.15) is 0 Å². The van der Waals surface area contributed by atoms with Gasteiger partial charge in [0.25, 0.3) is 0 Å². The lowest BCUT2D eigenvalue weighted by molar-refractivity contribution is -0.140. The number of fused-ring (bicyclic) bond motifs is 4. The van der Waals surface area contributed by atoms with Gasteiger partial charge in [-0.25, -0.2) is 9.78 Å². The van der Waals surface area contributed by atoms with Gasteiger partial charge in [0, 0.05) is 24.5 Å². The van der Waals surface area contributed by atoms with Gasteiger partial charge < -0.3 is 14.5 Å². The molecule has 0 unspecified atom stereocenters. The largest absolute Gasteiger partial charge is 0.449 e. The zero-order chi connectivity index (χ0) is 16.2. The summed E-state index contributed by atoms with van der Waals surface area (Å²) in [4.78, 5) is 32.8. The number of hydrogen-bond donors (Lipinski definition) is 0. The van der Waals surface area contributed by atoms with E-state index < -0.39 is 0 Å². The van der Waals surface area contributed by atoms with Crippen LogP contribution in [0.5, 0.6) is 0 Å². The lowest BCUT2D eigenvalue weighted by Crippen LogP contribution is -2.47. The van der Waals surface area contributed by atoms with Gasteiger partial charge in [-0.15, -0.1) is 11.3 Å². The van der Waals surface area contributed by atoms with Crippen LogP contribution in [0.2, 0.25) is 0 Å². The van der Waals surface area contributed by atoms with E-state index in [4.69, 9.17) is 4.74 Å². The monoisotopic (exact) mass is 337 g/mol. The second-order valence-corrected chi connectivity index (χ2v) is 6.97. The predicted molar refractivity (Wildman–Crippen MR) is 87.0 cm³/mol. The van der Waals surface area contributed by atoms with Crippen LogP contribution in [0, 0.1) is 5.92 Å². The topological polar surface area (TPSA) is 62.7 Å². The standard InChI is InChI=1S/C16H23N3O3S/c1-2-3-6-22-16(21)18-7-12-4-5-14(9-18)19(15(12)20)8-13-10-23-11-17-13/h10-12,14H,2-9H2,1H3/t12-,14+/m1/s1. The van der Waals surface area contributed by atoms with Crippen molar-refractivity contribution in [3.8, 4) is 0 Å². The lowest BCUT2D eigenvalue weighted by atomic mass is 9.94. The van der Waals surface area contributed by atoms with E-state index in [1.165, 1.54) is 11.3 Å². The van der Waals surface area contributed by atoms with E-state index in [1.807, 2.05) is 10.3 Å². The molecule has 4 heterocycles. The molecule has 0 spiro atoms. The maximum Gasteiger partial charge on any atom is 0.409 e. The first-order valence-corrected chi connectivity index (χ1v) is 9.22. The van der Waals surface area contributed by atoms with Crippen molar-refractivity contribution in [2.75, 3.05) is 19.7 Å². The first-order chi connectivity index (χ1) is 11.2. The van der Waals surface area contributed by atoms with Gasteiger partial charge in [0.1, 0.15) is 0 Å². The number of thiazole rings is 1. The smallest absolute Gasteiger partial charge is 0.409 e. The van der Waals surface area contributed by atoms with Crippen LogP contribution in [-0.4, -0.2) is 52.5 Å². The second kappa shape index (κ2) is 7.29. The Kier molecular flexibility index (Phi) is 5.15. The molecule has 6 nitrogen and oxygen atoms in total. The number of rotatable bonds is 5. The van der Waals surface area contributed by atoms with Crippen LogP contribution in [0.1, 0.15) is 38.3 Å². The molecule has 3 fully saturated rings. The summed E-state index contributed by atoms with van der Waals surface area (Å²) < 4.78 is 5.32. The minimum Gasteiger partial charge on any atom is -0.449 e. The molecule has 3 saturated heterocycles. The second-order valence-electron chi connectivity index (χ2n) is 6.25. The van der Waals surface area contributed by atoms with Crippen molar-refractivity contribution in [3.05, 3.63) is 16.6 Å². The van der Waals surface area contributed by atoms with Crippen LogP contribution in [0.25, 0.3) is 0 Å². The zero-order valence-electron chi connectivity index (χ0n) is 13.4. The van der Waals surface area contributed by atoms with Crippen molar-refractivity contribution in [2.45, 2.75) is 45.2 Å². The average molecular weight is 337 g/mol. The van der Waals surface area contributed by atoms with Crippen molar-refractivity contribution in [3.63, 3.8) is 0 Å². The maximum absolute atomic E-state index is 12.7. The first-order valence-electron chi connectivity index (χ1n) is 8.28. The van der Waals surface area contributed by atoms with Crippen molar-refractivity contribution in [1.29, 1.82) is 0 Å². The quantitative estimate of drug-likeness (QED) is 0.775. The minimum atomic E-state index is -0.279. The summed E-state index contributed by atoms with van der Waals surface area (Å²) in [6.45, 7) is 4.11. The fourth-order valence-electron chi connectivity index (χ4n) is 3.28. The lowest BCUT2D eigenvalue weighted by Gasteiger charge is -2.35. The summed E-state index contributed by atoms with van der Waals surface area (Å²) in [6.07, 6.45) is 3.40. The van der Waals surface area contributed by atoms with Crippen molar-refractivity contribution >= 4 is 23.3 Å². The first kappa shape index (κ1) is 16.2. The summed E-state index contributed by atoms with van der Waals surface area (Å²) in [5.74, 6) is 0.0456. The SMILES string of the molecule is CCCCOC(=O)N1C[C@H]2CC[C@@H](C1)N(Cc1cscn1)C2=O. The molecule has 0 aromatic carbocycles. The number of carbonyl (C=O) groups excluding carboxylic acids is 2. The third-order valence-electron chi connectivity index (χ3n) is 4.59. The van der Waals surface area contributed by atoms with E-state index in [0.29, 0.717) is 26.2 Å². The number of nitrogens with zero attached hydrogens (tertiary/aromatic N) is 3. The summed E-state index contributed by atoms with van der Waals surface area (Å²) in [7, 11) is 0. The third kappa shape index (κ3) is 3.65. The fraction of sp³-hybridized carbons (Fsp3) is 0.688. The molecule has 0 radical (unpaired) electrons. The summed E-state index contributed by atoms with van der Waals surface area (Å²) >= 11 is 1.54. The fourth-order valence-corrected chi connectivity index (χ4v) is 3.83. The third-order valence-corrected chi connectivity index (χ3v) is 5.23. The molecule has 2 bridgehead atoms. The predicted octanol–water partition coefficient (Wildman–Crippen LogP) is 2.50. The molecular weight excluding hydrogens is 314 g/mol. The summed E-state index contributed by atoms with van der Waals surface area (Å²) in [5.41, 5.74) is 2.71. The Morgan fingerprint density at radius 2 is 2.30 bits per heavy atom. The highest BCUT2D eigenvalue weighted by Gasteiger charge is 2.42. The number of hydrogen-bond acceptors (Lipinski definition) is 5. The van der Waals surface area contributed by atoms with Gasteiger partial charge in [0.15, 0.2) is 0 Å². The normalized spacial score (nSPS) is 24.0. The Labute approximate surface area is 140 Å². The van der Waals surface area contributed by atoms with E-state index in [-0.39, 0.29) is 24.0 Å². The van der Waals surface area contributed by atoms with Crippen molar-refractivity contribution in [1.82, 2.24) is 14.8 Å². The van der Waals surface area contributed by atoms with Crippen molar-refractivity contribution in [2.24, 2.45) is 5.92 Å². The van der Waals surface area contributed by atoms with Gasteiger partial charge in [-0.05, 0) is 19.3 Å². The van der Waals surface area contributed by atoms with E-state index in [2.05, 4.69) is 11.9 Å². The number of amides is 2. The van der Waals surface area contributed by atoms with Crippen LogP contribution < -0.4 is 0 Å². The molecule has 0 saturated carbocycles. The summed E-state index contributed by atoms with van der Waals surface area (Å²) in [6, 6.07) is 0.0710. The average Bonchev–Trinajstić information content (AvgIpc) is 2.91. The molecule has 23 heavy (non-hydrogen) atoms. The van der Waals surface area contributed by atoms with Gasteiger partial charge in [-0.1, -0.05) is 13.3 Å². The Hall–Kier alpha value is -1.63. The number of piperidine rings is 1. The molecule has 1 aromatic heterocycles. The highest BCUT2D eigenvalue weighted by Crippen LogP contribution is 2.30. The number of ether oxygens (including phenoxy) is 1. The Morgan fingerprint density at radius 3 is 3.04 bits per heavy atom. The summed E-state index contributed by atoms with van der Waals surface area (Å²) in [5, 5.41) is 1.97. The van der Waals surface area contributed by atoms with Gasteiger partial charge in [0.05, 0.1) is 30.3 Å². The van der Waals surface area contributed by atoms with Gasteiger partial charge in [0.2, 0.25) is 5.91 Å². The van der Waals surface area contributed by atoms with E-state index in [0.717, 1.165) is 31.4 Å². The molecule has 3 aliphatic rings. The number of carbonyl (C=O) groups is 2. The van der Waals surface area contributed by atoms with E-state index in [9.17, 15) is 9.59 Å². The van der Waals surface area contributed by atoms with Crippen molar-refractivity contribution < 1.29 is 14.3 Å². The number of aromatic nitrogens is 1. The Bertz CT molecular complexity index is 549. The highest BCUT2D eigenvalue weighted by molar-refractivity contribution is 7.07. The van der Waals surface area contributed by atoms with Gasteiger partial charge >= 0.3 is 6.09 Å². The van der Waals surface area contributed by atoms with Gasteiger partial charge in [-0.3, -0.25) is 4.79 Å². The molecule has 3 aliphatic heterocycles. The Balaban J connectivity index is 1.66. The molecular formula is C16H23N3O3S. The zero-order valence-corrected chi connectivity index (χ0v) is 14.3. The Morgan fingerprint density at radius 1 is 1.43 bits per heavy atom. The molecule has 7 heteroatoms. The molecule has 4 rings (SSSR count).